The number of likely N-dealkylation sites (tertiary alicyclic amines) is 1. The lowest BCUT2D eigenvalue weighted by Gasteiger charge is -2.44. The first-order valence-electron chi connectivity index (χ1n) is 10.1. The molecular formula is C21H39NO4. The third-order valence-electron chi connectivity index (χ3n) is 6.08. The number of hydrogen-bond acceptors (Lipinski definition) is 4. The predicted octanol–water partition coefficient (Wildman–Crippen LogP) is 4.88. The molecule has 1 heterocycles. The van der Waals surface area contributed by atoms with Crippen LogP contribution in [0, 0.1) is 23.2 Å². The molecular weight excluding hydrogens is 330 g/mol. The van der Waals surface area contributed by atoms with Crippen molar-refractivity contribution in [1.82, 2.24) is 4.90 Å². The smallest absolute Gasteiger partial charge is 0.410 e. The fraction of sp³-hybridized carbons (Fsp3) is 0.905. The molecule has 0 aromatic rings. The number of amides is 1. The summed E-state index contributed by atoms with van der Waals surface area (Å²) in [6.07, 6.45) is 0.852. The Hall–Kier alpha value is -1.26. The molecule has 1 atom stereocenters. The van der Waals surface area contributed by atoms with Crippen molar-refractivity contribution in [2.45, 2.75) is 86.9 Å². The maximum atomic E-state index is 12.8. The number of carbonyl (C=O) groups is 2. The molecule has 0 aromatic carbocycles. The van der Waals surface area contributed by atoms with Gasteiger partial charge in [0.2, 0.25) is 0 Å². The summed E-state index contributed by atoms with van der Waals surface area (Å²) in [7, 11) is 0. The molecule has 5 nitrogen and oxygen atoms in total. The van der Waals surface area contributed by atoms with Gasteiger partial charge in [-0.2, -0.15) is 0 Å². The van der Waals surface area contributed by atoms with Gasteiger partial charge in [-0.3, -0.25) is 4.79 Å². The van der Waals surface area contributed by atoms with Crippen LogP contribution in [0.5, 0.6) is 0 Å². The van der Waals surface area contributed by atoms with Crippen LogP contribution >= 0.6 is 0 Å². The summed E-state index contributed by atoms with van der Waals surface area (Å²) in [5, 5.41) is 0. The van der Waals surface area contributed by atoms with E-state index in [1.807, 2.05) is 20.8 Å². The van der Waals surface area contributed by atoms with E-state index in [9.17, 15) is 9.59 Å². The number of esters is 1. The van der Waals surface area contributed by atoms with E-state index < -0.39 is 11.0 Å². The van der Waals surface area contributed by atoms with E-state index in [0.717, 1.165) is 6.42 Å². The molecule has 0 N–H and O–H groups in total. The molecule has 152 valence electrons. The normalized spacial score (nSPS) is 18.8. The maximum Gasteiger partial charge on any atom is 0.410 e. The number of nitrogens with zero attached hydrogens (tertiary/aromatic N) is 1. The fourth-order valence-corrected chi connectivity index (χ4v) is 4.01. The van der Waals surface area contributed by atoms with E-state index in [4.69, 9.17) is 9.47 Å². The molecule has 1 aliphatic heterocycles. The molecule has 0 spiro atoms. The van der Waals surface area contributed by atoms with Crippen molar-refractivity contribution in [3.8, 4) is 0 Å². The van der Waals surface area contributed by atoms with E-state index >= 15 is 0 Å². The molecule has 5 heteroatoms. The Labute approximate surface area is 159 Å². The van der Waals surface area contributed by atoms with Gasteiger partial charge in [-0.25, -0.2) is 4.79 Å². The molecule has 0 saturated carbocycles. The van der Waals surface area contributed by atoms with E-state index in [0.29, 0.717) is 19.5 Å². The first-order chi connectivity index (χ1) is 11.9. The van der Waals surface area contributed by atoms with Gasteiger partial charge in [-0.15, -0.1) is 0 Å². The minimum absolute atomic E-state index is 0.193. The van der Waals surface area contributed by atoms with E-state index in [1.165, 1.54) is 0 Å². The Morgan fingerprint density at radius 3 is 1.96 bits per heavy atom. The highest BCUT2D eigenvalue weighted by molar-refractivity contribution is 5.76. The van der Waals surface area contributed by atoms with Gasteiger partial charge in [-0.05, 0) is 38.0 Å². The zero-order chi connectivity index (χ0) is 20.3. The largest absolute Gasteiger partial charge is 0.460 e. The molecule has 1 aliphatic rings. The summed E-state index contributed by atoms with van der Waals surface area (Å²) in [5.74, 6) is 0.454. The lowest BCUT2D eigenvalue weighted by molar-refractivity contribution is -0.159. The highest BCUT2D eigenvalue weighted by Gasteiger charge is 2.45. The Morgan fingerprint density at radius 2 is 1.54 bits per heavy atom. The Morgan fingerprint density at radius 1 is 1.04 bits per heavy atom. The van der Waals surface area contributed by atoms with Gasteiger partial charge in [0.25, 0.3) is 0 Å². The van der Waals surface area contributed by atoms with Crippen LogP contribution < -0.4 is 0 Å². The van der Waals surface area contributed by atoms with Crippen molar-refractivity contribution in [3.63, 3.8) is 0 Å². The highest BCUT2D eigenvalue weighted by Crippen LogP contribution is 2.38. The molecule has 0 aliphatic carbocycles. The van der Waals surface area contributed by atoms with Crippen LogP contribution in [0.1, 0.15) is 75.2 Å². The van der Waals surface area contributed by atoms with Gasteiger partial charge < -0.3 is 14.4 Å². The topological polar surface area (TPSA) is 55.8 Å². The van der Waals surface area contributed by atoms with Crippen LogP contribution in [0.15, 0.2) is 0 Å². The zero-order valence-electron chi connectivity index (χ0n) is 18.2. The van der Waals surface area contributed by atoms with Gasteiger partial charge in [0.05, 0.1) is 12.0 Å². The molecule has 1 amide bonds. The van der Waals surface area contributed by atoms with Gasteiger partial charge in [-0.1, -0.05) is 48.5 Å². The summed E-state index contributed by atoms with van der Waals surface area (Å²) in [4.78, 5) is 26.8. The standard InChI is InChI=1S/C21H39NO4/c1-10-20(8,9)18(23)25-17-11-12-22(13-17)19(24)26-21(14(2)3,15(4)5)16(6)7/h14-17H,10-13H2,1-9H3. The summed E-state index contributed by atoms with van der Waals surface area (Å²) < 4.78 is 11.7. The van der Waals surface area contributed by atoms with E-state index in [-0.39, 0.29) is 35.9 Å². The second kappa shape index (κ2) is 8.62. The third-order valence-corrected chi connectivity index (χ3v) is 6.08. The lowest BCUT2D eigenvalue weighted by atomic mass is 9.72. The molecule has 1 saturated heterocycles. The molecule has 26 heavy (non-hydrogen) atoms. The van der Waals surface area contributed by atoms with Crippen molar-refractivity contribution in [2.75, 3.05) is 13.1 Å². The average molecular weight is 370 g/mol. The number of ether oxygens (including phenoxy) is 2. The van der Waals surface area contributed by atoms with Gasteiger partial charge in [0.1, 0.15) is 11.7 Å². The van der Waals surface area contributed by atoms with Crippen LogP contribution in [0.25, 0.3) is 0 Å². The van der Waals surface area contributed by atoms with Crippen LogP contribution in [-0.4, -0.2) is 41.8 Å². The second-order valence-corrected chi connectivity index (χ2v) is 9.19. The number of rotatable bonds is 7. The summed E-state index contributed by atoms with van der Waals surface area (Å²) in [6, 6.07) is 0. The van der Waals surface area contributed by atoms with Crippen molar-refractivity contribution >= 4 is 12.1 Å². The quantitative estimate of drug-likeness (QED) is 0.600. The molecule has 0 radical (unpaired) electrons. The van der Waals surface area contributed by atoms with Crippen molar-refractivity contribution in [2.24, 2.45) is 23.2 Å². The van der Waals surface area contributed by atoms with Gasteiger partial charge in [0.15, 0.2) is 0 Å². The number of carbonyl (C=O) groups excluding carboxylic acids is 2. The van der Waals surface area contributed by atoms with Crippen LogP contribution in [-0.2, 0) is 14.3 Å². The predicted molar refractivity (Wildman–Crippen MR) is 104 cm³/mol. The number of hydrogen-bond donors (Lipinski definition) is 0. The SMILES string of the molecule is CCC(C)(C)C(=O)OC1CCN(C(=O)OC(C(C)C)(C(C)C)C(C)C)C1. The minimum Gasteiger partial charge on any atom is -0.460 e. The van der Waals surface area contributed by atoms with Gasteiger partial charge >= 0.3 is 12.1 Å². The Bertz CT molecular complexity index is 474. The molecule has 0 aromatic heterocycles. The van der Waals surface area contributed by atoms with Crippen LogP contribution in [0.3, 0.4) is 0 Å². The average Bonchev–Trinajstić information content (AvgIpc) is 2.99. The van der Waals surface area contributed by atoms with E-state index in [2.05, 4.69) is 41.5 Å². The second-order valence-electron chi connectivity index (χ2n) is 9.19. The van der Waals surface area contributed by atoms with Gasteiger partial charge in [0, 0.05) is 13.0 Å². The third kappa shape index (κ3) is 4.72. The fourth-order valence-electron chi connectivity index (χ4n) is 4.01. The lowest BCUT2D eigenvalue weighted by Crippen LogP contribution is -2.52. The first-order valence-corrected chi connectivity index (χ1v) is 10.1. The molecule has 0 bridgehead atoms. The minimum atomic E-state index is -0.504. The highest BCUT2D eigenvalue weighted by atomic mass is 16.6. The first kappa shape index (κ1) is 22.8. The maximum absolute atomic E-state index is 12.8. The van der Waals surface area contributed by atoms with E-state index in [1.54, 1.807) is 4.90 Å². The van der Waals surface area contributed by atoms with Crippen molar-refractivity contribution < 1.29 is 19.1 Å². The monoisotopic (exact) mass is 369 g/mol. The summed E-state index contributed by atoms with van der Waals surface area (Å²) in [5.41, 5.74) is -0.994. The van der Waals surface area contributed by atoms with Crippen LogP contribution in [0.4, 0.5) is 4.79 Å². The summed E-state index contributed by atoms with van der Waals surface area (Å²) >= 11 is 0. The van der Waals surface area contributed by atoms with Crippen molar-refractivity contribution in [1.29, 1.82) is 0 Å². The van der Waals surface area contributed by atoms with Crippen LogP contribution in [0.2, 0.25) is 0 Å². The Kier molecular flexibility index (Phi) is 7.55. The molecule has 1 unspecified atom stereocenters. The molecule has 1 fully saturated rings. The Balaban J connectivity index is 2.76. The zero-order valence-corrected chi connectivity index (χ0v) is 18.2. The molecule has 1 rings (SSSR count). The summed E-state index contributed by atoms with van der Waals surface area (Å²) in [6.45, 7) is 19.4. The van der Waals surface area contributed by atoms with Crippen molar-refractivity contribution in [3.05, 3.63) is 0 Å².